The van der Waals surface area contributed by atoms with Crippen molar-refractivity contribution < 1.29 is 23.8 Å². The van der Waals surface area contributed by atoms with Gasteiger partial charge in [-0.3, -0.25) is 9.36 Å². The first-order chi connectivity index (χ1) is 18.2. The third kappa shape index (κ3) is 4.61. The van der Waals surface area contributed by atoms with E-state index < -0.39 is 28.9 Å². The second-order valence-corrected chi connectivity index (χ2v) is 10.8. The van der Waals surface area contributed by atoms with Gasteiger partial charge in [0, 0.05) is 6.61 Å². The number of ether oxygens (including phenoxy) is 2. The maximum Gasteiger partial charge on any atom is 0.333 e. The molecule has 3 aromatic heterocycles. The number of rotatable bonds is 9. The van der Waals surface area contributed by atoms with E-state index in [1.807, 2.05) is 30.3 Å². The normalized spacial score (nSPS) is 16.8. The van der Waals surface area contributed by atoms with Gasteiger partial charge < -0.3 is 19.0 Å². The van der Waals surface area contributed by atoms with Crippen LogP contribution in [0.2, 0.25) is 0 Å². The largest absolute Gasteiger partial charge is 0.480 e. The summed E-state index contributed by atoms with van der Waals surface area (Å²) in [5.74, 6) is -0.974. The number of benzene rings is 1. The molecular formula is C27H29N3O7S. The molecule has 1 N–H and O–H groups in total. The predicted octanol–water partition coefficient (Wildman–Crippen LogP) is 3.94. The number of oxazole rings is 1. The molecule has 1 aliphatic rings. The highest BCUT2D eigenvalue weighted by atomic mass is 32.1. The van der Waals surface area contributed by atoms with Gasteiger partial charge in [-0.25, -0.2) is 19.1 Å². The molecule has 0 aliphatic carbocycles. The van der Waals surface area contributed by atoms with Crippen molar-refractivity contribution in [3.05, 3.63) is 74.8 Å². The van der Waals surface area contributed by atoms with Gasteiger partial charge in [0.05, 0.1) is 35.7 Å². The summed E-state index contributed by atoms with van der Waals surface area (Å²) in [4.78, 5) is 45.0. The minimum atomic E-state index is -1.79. The second kappa shape index (κ2) is 10.3. The first kappa shape index (κ1) is 26.1. The lowest BCUT2D eigenvalue weighted by Crippen LogP contribution is -2.52. The molecule has 0 radical (unpaired) electrons. The number of fused-ring (bicyclic) bond motifs is 1. The van der Waals surface area contributed by atoms with Crippen LogP contribution in [0, 0.1) is 6.92 Å². The smallest absolute Gasteiger partial charge is 0.333 e. The Hall–Kier alpha value is -3.54. The van der Waals surface area contributed by atoms with Crippen molar-refractivity contribution in [1.29, 1.82) is 0 Å². The Kier molecular flexibility index (Phi) is 7.08. The SMILES string of the molecule is Cc1c(-c2ncco2)sc2c1c(=O)n(C(C)(C)C(=O)O)c(=O)n2C[C@H](OCC1CCCO1)c1ccccc1. The molecule has 0 spiro atoms. The Labute approximate surface area is 222 Å². The molecule has 2 atom stereocenters. The van der Waals surface area contributed by atoms with Crippen LogP contribution in [0.1, 0.15) is 43.9 Å². The van der Waals surface area contributed by atoms with E-state index in [0.717, 1.165) is 23.0 Å². The topological polar surface area (TPSA) is 126 Å². The number of hydrogen-bond acceptors (Lipinski definition) is 8. The Balaban J connectivity index is 1.71. The van der Waals surface area contributed by atoms with Crippen LogP contribution in [-0.2, 0) is 26.4 Å². The van der Waals surface area contributed by atoms with Gasteiger partial charge in [-0.15, -0.1) is 11.3 Å². The third-order valence-electron chi connectivity index (χ3n) is 6.95. The molecule has 0 saturated carbocycles. The molecule has 11 heteroatoms. The lowest BCUT2D eigenvalue weighted by atomic mass is 10.1. The first-order valence-electron chi connectivity index (χ1n) is 12.4. The Morgan fingerprint density at radius 2 is 2.05 bits per heavy atom. The van der Waals surface area contributed by atoms with Gasteiger partial charge in [-0.05, 0) is 44.7 Å². The van der Waals surface area contributed by atoms with Gasteiger partial charge in [0.1, 0.15) is 22.7 Å². The van der Waals surface area contributed by atoms with Gasteiger partial charge in [0.15, 0.2) is 0 Å². The molecular weight excluding hydrogens is 510 g/mol. The summed E-state index contributed by atoms with van der Waals surface area (Å²) in [5, 5.41) is 10.2. The standard InChI is InChI=1S/C27H29N3O7S/c1-16-20-23(31)30(27(2,3)25(32)33)26(34)29(24(20)38-21(16)22-28-11-13-36-22)14-19(17-8-5-4-6-9-17)37-15-18-10-7-12-35-18/h4-6,8-9,11,13,18-19H,7,10,12,14-15H2,1-3H3,(H,32,33)/t18?,19-/m0/s1. The third-order valence-corrected chi connectivity index (χ3v) is 8.25. The van der Waals surface area contributed by atoms with Crippen molar-refractivity contribution in [2.45, 2.75) is 57.9 Å². The molecule has 4 heterocycles. The van der Waals surface area contributed by atoms with Gasteiger partial charge >= 0.3 is 11.7 Å². The maximum atomic E-state index is 13.9. The fourth-order valence-corrected chi connectivity index (χ4v) is 5.96. The minimum Gasteiger partial charge on any atom is -0.480 e. The van der Waals surface area contributed by atoms with Crippen molar-refractivity contribution >= 4 is 27.5 Å². The van der Waals surface area contributed by atoms with E-state index in [9.17, 15) is 19.5 Å². The summed E-state index contributed by atoms with van der Waals surface area (Å²) >= 11 is 1.21. The maximum absolute atomic E-state index is 13.9. The quantitative estimate of drug-likeness (QED) is 0.339. The molecule has 1 fully saturated rings. The van der Waals surface area contributed by atoms with Crippen LogP contribution < -0.4 is 11.2 Å². The summed E-state index contributed by atoms with van der Waals surface area (Å²) in [6, 6.07) is 9.50. The van der Waals surface area contributed by atoms with Crippen LogP contribution >= 0.6 is 11.3 Å². The Morgan fingerprint density at radius 1 is 1.29 bits per heavy atom. The summed E-state index contributed by atoms with van der Waals surface area (Å²) < 4.78 is 19.8. The summed E-state index contributed by atoms with van der Waals surface area (Å²) in [6.07, 6.45) is 4.22. The zero-order chi connectivity index (χ0) is 27.0. The number of carboxylic acids is 1. The monoisotopic (exact) mass is 539 g/mol. The lowest BCUT2D eigenvalue weighted by Gasteiger charge is -2.25. The van der Waals surface area contributed by atoms with Gasteiger partial charge in [-0.1, -0.05) is 30.3 Å². The summed E-state index contributed by atoms with van der Waals surface area (Å²) in [7, 11) is 0. The first-order valence-corrected chi connectivity index (χ1v) is 13.2. The number of aromatic nitrogens is 3. The highest BCUT2D eigenvalue weighted by Crippen LogP contribution is 2.36. The molecule has 200 valence electrons. The molecule has 0 amide bonds. The molecule has 1 aliphatic heterocycles. The highest BCUT2D eigenvalue weighted by molar-refractivity contribution is 7.22. The zero-order valence-corrected chi connectivity index (χ0v) is 22.2. The fraction of sp³-hybridized carbons (Fsp3) is 0.407. The molecule has 38 heavy (non-hydrogen) atoms. The van der Waals surface area contributed by atoms with Crippen molar-refractivity contribution in [3.8, 4) is 10.8 Å². The summed E-state index contributed by atoms with van der Waals surface area (Å²) in [5.41, 5.74) is -1.77. The zero-order valence-electron chi connectivity index (χ0n) is 21.4. The van der Waals surface area contributed by atoms with Crippen molar-refractivity contribution in [1.82, 2.24) is 14.1 Å². The number of nitrogens with zero attached hydrogens (tertiary/aromatic N) is 3. The number of carboxylic acid groups (broad SMARTS) is 1. The number of thiophene rings is 1. The lowest BCUT2D eigenvalue weighted by molar-refractivity contribution is -0.146. The van der Waals surface area contributed by atoms with Gasteiger partial charge in [0.2, 0.25) is 5.89 Å². The molecule has 1 aromatic carbocycles. The average Bonchev–Trinajstić information content (AvgIpc) is 3.66. The van der Waals surface area contributed by atoms with E-state index in [1.54, 1.807) is 6.92 Å². The van der Waals surface area contributed by atoms with E-state index in [2.05, 4.69) is 4.98 Å². The van der Waals surface area contributed by atoms with Crippen LogP contribution in [-0.4, -0.2) is 44.5 Å². The molecule has 1 saturated heterocycles. The Bertz CT molecular complexity index is 1560. The van der Waals surface area contributed by atoms with E-state index in [1.165, 1.54) is 42.2 Å². The van der Waals surface area contributed by atoms with Crippen LogP contribution in [0.4, 0.5) is 0 Å². The molecule has 4 aromatic rings. The van der Waals surface area contributed by atoms with Crippen molar-refractivity contribution in [3.63, 3.8) is 0 Å². The van der Waals surface area contributed by atoms with Crippen molar-refractivity contribution in [2.75, 3.05) is 13.2 Å². The number of aliphatic carboxylic acids is 1. The van der Waals surface area contributed by atoms with E-state index in [4.69, 9.17) is 13.9 Å². The molecule has 5 rings (SSSR count). The van der Waals surface area contributed by atoms with Crippen LogP contribution in [0.25, 0.3) is 21.0 Å². The highest BCUT2D eigenvalue weighted by Gasteiger charge is 2.36. The van der Waals surface area contributed by atoms with E-state index >= 15 is 0 Å². The minimum absolute atomic E-state index is 0.0292. The van der Waals surface area contributed by atoms with Gasteiger partial charge in [-0.2, -0.15) is 0 Å². The molecule has 0 bridgehead atoms. The van der Waals surface area contributed by atoms with E-state index in [-0.39, 0.29) is 18.0 Å². The van der Waals surface area contributed by atoms with Crippen molar-refractivity contribution in [2.24, 2.45) is 0 Å². The fourth-order valence-electron chi connectivity index (χ4n) is 4.72. The second-order valence-electron chi connectivity index (χ2n) is 9.84. The summed E-state index contributed by atoms with van der Waals surface area (Å²) in [6.45, 7) is 5.53. The molecule has 10 nitrogen and oxygen atoms in total. The van der Waals surface area contributed by atoms with E-state index in [0.29, 0.717) is 34.4 Å². The van der Waals surface area contributed by atoms with Crippen LogP contribution in [0.3, 0.4) is 0 Å². The van der Waals surface area contributed by atoms with Crippen LogP contribution in [0.15, 0.2) is 56.8 Å². The average molecular weight is 540 g/mol. The van der Waals surface area contributed by atoms with Crippen LogP contribution in [0.5, 0.6) is 0 Å². The Morgan fingerprint density at radius 3 is 2.68 bits per heavy atom. The van der Waals surface area contributed by atoms with Gasteiger partial charge in [0.25, 0.3) is 5.56 Å². The number of hydrogen-bond donors (Lipinski definition) is 1. The number of carbonyl (C=O) groups is 1. The molecule has 1 unspecified atom stereocenters. The predicted molar refractivity (Wildman–Crippen MR) is 142 cm³/mol. The number of aryl methyl sites for hydroxylation is 1.